The van der Waals surface area contributed by atoms with Crippen LogP contribution < -0.4 is 14.5 Å². The average molecular weight is 512 g/mol. The van der Waals surface area contributed by atoms with Gasteiger partial charge in [-0.05, 0) is 68.3 Å². The third-order valence-electron chi connectivity index (χ3n) is 5.86. The summed E-state index contributed by atoms with van der Waals surface area (Å²) in [4.78, 5) is 26.9. The van der Waals surface area contributed by atoms with Gasteiger partial charge < -0.3 is 10.2 Å². The van der Waals surface area contributed by atoms with Gasteiger partial charge in [-0.15, -0.1) is 0 Å². The van der Waals surface area contributed by atoms with Crippen LogP contribution in [0.5, 0.6) is 0 Å². The molecule has 0 unspecified atom stereocenters. The van der Waals surface area contributed by atoms with Gasteiger partial charge in [-0.1, -0.05) is 41.4 Å². The first-order chi connectivity index (χ1) is 16.7. The van der Waals surface area contributed by atoms with E-state index in [9.17, 15) is 18.0 Å². The molecule has 0 bridgehead atoms. The Morgan fingerprint density at radius 2 is 1.77 bits per heavy atom. The van der Waals surface area contributed by atoms with Crippen LogP contribution in [0, 0.1) is 13.8 Å². The lowest BCUT2D eigenvalue weighted by Gasteiger charge is -2.25. The van der Waals surface area contributed by atoms with Crippen LogP contribution in [0.3, 0.4) is 0 Å². The number of hydrogen-bond acceptors (Lipinski definition) is 4. The molecule has 0 saturated carbocycles. The lowest BCUT2D eigenvalue weighted by atomic mass is 10.1. The fraction of sp³-hybridized carbons (Fsp3) is 0.231. The summed E-state index contributed by atoms with van der Waals surface area (Å²) in [6, 6.07) is 18.2. The van der Waals surface area contributed by atoms with Crippen LogP contribution >= 0.6 is 11.6 Å². The van der Waals surface area contributed by atoms with Crippen molar-refractivity contribution in [2.75, 3.05) is 27.6 Å². The Hall–Kier alpha value is -3.36. The Morgan fingerprint density at radius 1 is 1.06 bits per heavy atom. The van der Waals surface area contributed by atoms with Crippen LogP contribution in [0.4, 0.5) is 17.1 Å². The van der Waals surface area contributed by atoms with Crippen molar-refractivity contribution in [1.29, 1.82) is 0 Å². The molecule has 4 rings (SSSR count). The van der Waals surface area contributed by atoms with E-state index in [1.54, 1.807) is 59.5 Å². The molecular weight excluding hydrogens is 486 g/mol. The summed E-state index contributed by atoms with van der Waals surface area (Å²) in [5.41, 5.74) is 3.29. The molecule has 2 amide bonds. The highest BCUT2D eigenvalue weighted by Crippen LogP contribution is 2.31. The fourth-order valence-corrected chi connectivity index (χ4v) is 5.79. The second kappa shape index (κ2) is 10.1. The van der Waals surface area contributed by atoms with E-state index in [0.29, 0.717) is 18.7 Å². The second-order valence-corrected chi connectivity index (χ2v) is 10.7. The van der Waals surface area contributed by atoms with E-state index >= 15 is 0 Å². The number of anilines is 3. The number of sulfonamides is 1. The molecule has 3 aromatic rings. The highest BCUT2D eigenvalue weighted by Gasteiger charge is 2.29. The van der Waals surface area contributed by atoms with E-state index in [1.807, 2.05) is 13.8 Å². The minimum Gasteiger partial charge on any atom is -0.325 e. The molecule has 0 aliphatic carbocycles. The maximum absolute atomic E-state index is 13.5. The van der Waals surface area contributed by atoms with Crippen molar-refractivity contribution in [3.05, 3.63) is 82.9 Å². The van der Waals surface area contributed by atoms with E-state index in [1.165, 1.54) is 12.1 Å². The highest BCUT2D eigenvalue weighted by molar-refractivity contribution is 7.92. The Balaban J connectivity index is 1.59. The quantitative estimate of drug-likeness (QED) is 0.488. The van der Waals surface area contributed by atoms with Crippen molar-refractivity contribution < 1.29 is 18.0 Å². The number of carbonyl (C=O) groups excluding carboxylic acids is 2. The first kappa shape index (κ1) is 24.8. The molecule has 1 saturated heterocycles. The smallest absolute Gasteiger partial charge is 0.264 e. The van der Waals surface area contributed by atoms with Crippen molar-refractivity contribution in [1.82, 2.24) is 0 Å². The van der Waals surface area contributed by atoms with Crippen LogP contribution in [0.2, 0.25) is 5.02 Å². The third-order valence-corrected chi connectivity index (χ3v) is 7.96. The van der Waals surface area contributed by atoms with E-state index in [0.717, 1.165) is 27.5 Å². The van der Waals surface area contributed by atoms with Crippen molar-refractivity contribution >= 4 is 50.5 Å². The predicted octanol–water partition coefficient (Wildman–Crippen LogP) is 4.92. The van der Waals surface area contributed by atoms with E-state index < -0.39 is 22.5 Å². The van der Waals surface area contributed by atoms with Gasteiger partial charge in [0.1, 0.15) is 6.54 Å². The lowest BCUT2D eigenvalue weighted by Crippen LogP contribution is -2.38. The van der Waals surface area contributed by atoms with Crippen LogP contribution in [0.25, 0.3) is 0 Å². The topological polar surface area (TPSA) is 86.8 Å². The zero-order valence-corrected chi connectivity index (χ0v) is 21.1. The summed E-state index contributed by atoms with van der Waals surface area (Å²) >= 11 is 6.32. The van der Waals surface area contributed by atoms with E-state index in [2.05, 4.69) is 5.32 Å². The summed E-state index contributed by atoms with van der Waals surface area (Å²) in [5.74, 6) is -0.438. The van der Waals surface area contributed by atoms with Crippen molar-refractivity contribution in [2.45, 2.75) is 31.6 Å². The third kappa shape index (κ3) is 5.33. The van der Waals surface area contributed by atoms with Crippen LogP contribution in [0.1, 0.15) is 24.0 Å². The summed E-state index contributed by atoms with van der Waals surface area (Å²) in [5, 5.41) is 2.99. The van der Waals surface area contributed by atoms with Gasteiger partial charge in [0, 0.05) is 24.3 Å². The first-order valence-electron chi connectivity index (χ1n) is 11.2. The minimum atomic E-state index is -4.07. The molecule has 9 heteroatoms. The molecular formula is C26H26ClN3O4S. The monoisotopic (exact) mass is 511 g/mol. The van der Waals surface area contributed by atoms with Gasteiger partial charge in [-0.25, -0.2) is 8.42 Å². The zero-order valence-electron chi connectivity index (χ0n) is 19.5. The van der Waals surface area contributed by atoms with E-state index in [4.69, 9.17) is 11.6 Å². The molecule has 35 heavy (non-hydrogen) atoms. The minimum absolute atomic E-state index is 0.0614. The maximum Gasteiger partial charge on any atom is 0.264 e. The summed E-state index contributed by atoms with van der Waals surface area (Å²) < 4.78 is 28.0. The largest absolute Gasteiger partial charge is 0.325 e. The van der Waals surface area contributed by atoms with Crippen LogP contribution in [0.15, 0.2) is 71.6 Å². The molecule has 0 radical (unpaired) electrons. The normalized spacial score (nSPS) is 13.7. The van der Waals surface area contributed by atoms with Gasteiger partial charge in [0.25, 0.3) is 10.0 Å². The molecule has 0 atom stereocenters. The highest BCUT2D eigenvalue weighted by atomic mass is 35.5. The SMILES string of the molecule is Cc1ccc(S(=O)(=O)N(CC(=O)Nc2ccc(N3CCCC3=O)c(C)c2)c2ccccc2Cl)cc1. The summed E-state index contributed by atoms with van der Waals surface area (Å²) in [7, 11) is -4.07. The Kier molecular flexibility index (Phi) is 7.14. The number of halogens is 1. The zero-order chi connectivity index (χ0) is 25.2. The molecule has 7 nitrogen and oxygen atoms in total. The molecule has 3 aromatic carbocycles. The van der Waals surface area contributed by atoms with Gasteiger partial charge in [-0.3, -0.25) is 13.9 Å². The van der Waals surface area contributed by atoms with Gasteiger partial charge in [0.2, 0.25) is 11.8 Å². The second-order valence-electron chi connectivity index (χ2n) is 8.47. The Bertz CT molecular complexity index is 1370. The number of hydrogen-bond donors (Lipinski definition) is 1. The number of aryl methyl sites for hydroxylation is 2. The number of nitrogens with one attached hydrogen (secondary N) is 1. The number of carbonyl (C=O) groups is 2. The number of para-hydroxylation sites is 1. The summed E-state index contributed by atoms with van der Waals surface area (Å²) in [6.07, 6.45) is 1.36. The van der Waals surface area contributed by atoms with Crippen molar-refractivity contribution in [2.24, 2.45) is 0 Å². The standard InChI is InChI=1S/C26H26ClN3O4S/c1-18-9-12-21(13-10-18)35(33,34)30(24-7-4-3-6-22(24)27)17-25(31)28-20-11-14-23(19(2)16-20)29-15-5-8-26(29)32/h3-4,6-7,9-14,16H,5,8,15,17H2,1-2H3,(H,28,31). The number of nitrogens with zero attached hydrogens (tertiary/aromatic N) is 2. The lowest BCUT2D eigenvalue weighted by molar-refractivity contribution is -0.117. The van der Waals surface area contributed by atoms with E-state index in [-0.39, 0.29) is 21.5 Å². The van der Waals surface area contributed by atoms with Gasteiger partial charge in [0.15, 0.2) is 0 Å². The molecule has 1 fully saturated rings. The molecule has 1 aliphatic heterocycles. The van der Waals surface area contributed by atoms with Crippen LogP contribution in [-0.4, -0.2) is 33.3 Å². The number of rotatable bonds is 7. The van der Waals surface area contributed by atoms with Gasteiger partial charge >= 0.3 is 0 Å². The van der Waals surface area contributed by atoms with Crippen LogP contribution in [-0.2, 0) is 19.6 Å². The van der Waals surface area contributed by atoms with Gasteiger partial charge in [0.05, 0.1) is 15.6 Å². The number of amides is 2. The first-order valence-corrected chi connectivity index (χ1v) is 13.0. The molecule has 1 N–H and O–H groups in total. The fourth-order valence-electron chi connectivity index (χ4n) is 4.06. The Labute approximate surface area is 210 Å². The Morgan fingerprint density at radius 3 is 2.40 bits per heavy atom. The summed E-state index contributed by atoms with van der Waals surface area (Å²) in [6.45, 7) is 3.94. The van der Waals surface area contributed by atoms with Gasteiger partial charge in [-0.2, -0.15) is 0 Å². The average Bonchev–Trinajstić information content (AvgIpc) is 3.24. The maximum atomic E-state index is 13.5. The molecule has 182 valence electrons. The van der Waals surface area contributed by atoms with Crippen molar-refractivity contribution in [3.8, 4) is 0 Å². The molecule has 0 spiro atoms. The van der Waals surface area contributed by atoms with Crippen molar-refractivity contribution in [3.63, 3.8) is 0 Å². The predicted molar refractivity (Wildman–Crippen MR) is 139 cm³/mol. The molecule has 1 heterocycles. The molecule has 1 aliphatic rings. The number of benzene rings is 3. The molecule has 0 aromatic heterocycles.